The van der Waals surface area contributed by atoms with Crippen molar-refractivity contribution in [1.82, 2.24) is 14.5 Å². The Morgan fingerprint density at radius 1 is 1.57 bits per heavy atom. The summed E-state index contributed by atoms with van der Waals surface area (Å²) in [5.74, 6) is -1.25. The lowest BCUT2D eigenvalue weighted by atomic mass is 10.1. The molecule has 0 aromatic carbocycles. The number of methoxy groups -OCH3 is 1. The van der Waals surface area contributed by atoms with E-state index >= 15 is 0 Å². The van der Waals surface area contributed by atoms with Crippen LogP contribution in [-0.4, -0.2) is 53.3 Å². The maximum Gasteiger partial charge on any atom is 0.326 e. The number of hydrogen-bond acceptors (Lipinski definition) is 5. The molecule has 0 saturated heterocycles. The second kappa shape index (κ2) is 5.39. The quantitative estimate of drug-likeness (QED) is 0.688. The molecule has 0 amide bonds. The van der Waals surface area contributed by atoms with Crippen LogP contribution >= 0.6 is 0 Å². The van der Waals surface area contributed by atoms with Crippen molar-refractivity contribution in [3.8, 4) is 0 Å². The van der Waals surface area contributed by atoms with Crippen LogP contribution in [0.1, 0.15) is 19.8 Å². The lowest BCUT2D eigenvalue weighted by molar-refractivity contribution is -0.144. The molecule has 8 nitrogen and oxygen atoms in total. The molecule has 0 aliphatic heterocycles. The Morgan fingerprint density at radius 2 is 2.24 bits per heavy atom. The molecule has 2 rings (SSSR count). The number of ether oxygens (including phenoxy) is 1. The van der Waals surface area contributed by atoms with Gasteiger partial charge in [0.1, 0.15) is 10.3 Å². The van der Waals surface area contributed by atoms with Crippen molar-refractivity contribution in [3.63, 3.8) is 0 Å². The van der Waals surface area contributed by atoms with Crippen LogP contribution in [0.25, 0.3) is 0 Å². The van der Waals surface area contributed by atoms with Gasteiger partial charge in [0.25, 0.3) is 0 Å². The standard InChI is InChI=1S/C12H19N3O5S/c1-11(10(16)17,8-15-7-3-6-13-15)14-21(18,19)12(4-5-12)9-20-2/h3,6-7,14H,4-5,8-9H2,1-2H3,(H,16,17). The van der Waals surface area contributed by atoms with E-state index in [0.29, 0.717) is 12.8 Å². The van der Waals surface area contributed by atoms with Gasteiger partial charge in [0, 0.05) is 19.5 Å². The molecule has 0 bridgehead atoms. The number of sulfonamides is 1. The molecule has 9 heteroatoms. The van der Waals surface area contributed by atoms with Gasteiger partial charge in [0.05, 0.1) is 13.2 Å². The lowest BCUT2D eigenvalue weighted by Crippen LogP contribution is -2.58. The fourth-order valence-corrected chi connectivity index (χ4v) is 4.03. The SMILES string of the molecule is COCC1(S(=O)(=O)NC(C)(Cn2cccn2)C(=O)O)CC1. The second-order valence-corrected chi connectivity index (χ2v) is 7.64. The molecule has 21 heavy (non-hydrogen) atoms. The van der Waals surface area contributed by atoms with E-state index in [9.17, 15) is 18.3 Å². The van der Waals surface area contributed by atoms with Gasteiger partial charge in [0.2, 0.25) is 10.0 Å². The summed E-state index contributed by atoms with van der Waals surface area (Å²) in [7, 11) is -2.39. The van der Waals surface area contributed by atoms with Gasteiger partial charge in [-0.3, -0.25) is 9.48 Å². The van der Waals surface area contributed by atoms with Crippen LogP contribution in [0.15, 0.2) is 18.5 Å². The molecule has 1 heterocycles. The molecule has 0 spiro atoms. The highest BCUT2D eigenvalue weighted by molar-refractivity contribution is 7.91. The Balaban J connectivity index is 2.22. The van der Waals surface area contributed by atoms with Crippen molar-refractivity contribution in [2.75, 3.05) is 13.7 Å². The Kier molecular flexibility index (Phi) is 4.09. The summed E-state index contributed by atoms with van der Waals surface area (Å²) in [6.45, 7) is 1.29. The zero-order valence-electron chi connectivity index (χ0n) is 11.9. The number of rotatable bonds is 8. The first kappa shape index (κ1) is 15.9. The van der Waals surface area contributed by atoms with E-state index in [-0.39, 0.29) is 13.2 Å². The molecule has 1 aromatic rings. The molecule has 1 aliphatic carbocycles. The maximum atomic E-state index is 12.5. The number of aromatic nitrogens is 2. The molecular formula is C12H19N3O5S. The van der Waals surface area contributed by atoms with Crippen molar-refractivity contribution >= 4 is 16.0 Å². The first-order chi connectivity index (χ1) is 9.75. The number of nitrogens with zero attached hydrogens (tertiary/aromatic N) is 2. The lowest BCUT2D eigenvalue weighted by Gasteiger charge is -2.28. The summed E-state index contributed by atoms with van der Waals surface area (Å²) in [6.07, 6.45) is 4.02. The molecule has 0 radical (unpaired) electrons. The second-order valence-electron chi connectivity index (χ2n) is 5.56. The fraction of sp³-hybridized carbons (Fsp3) is 0.667. The summed E-state index contributed by atoms with van der Waals surface area (Å²) >= 11 is 0. The number of carboxylic acid groups (broad SMARTS) is 1. The van der Waals surface area contributed by atoms with Gasteiger partial charge in [-0.15, -0.1) is 0 Å². The molecule has 118 valence electrons. The largest absolute Gasteiger partial charge is 0.480 e. The van der Waals surface area contributed by atoms with Crippen molar-refractivity contribution in [3.05, 3.63) is 18.5 Å². The van der Waals surface area contributed by atoms with E-state index in [2.05, 4.69) is 9.82 Å². The van der Waals surface area contributed by atoms with Gasteiger partial charge in [0.15, 0.2) is 0 Å². The number of carbonyl (C=O) groups is 1. The molecule has 1 aliphatic rings. The molecule has 2 N–H and O–H groups in total. The highest BCUT2D eigenvalue weighted by Gasteiger charge is 2.57. The average molecular weight is 317 g/mol. The summed E-state index contributed by atoms with van der Waals surface area (Å²) < 4.78 is 32.6. The maximum absolute atomic E-state index is 12.5. The van der Waals surface area contributed by atoms with Crippen molar-refractivity contribution in [2.24, 2.45) is 0 Å². The van der Waals surface area contributed by atoms with E-state index in [1.165, 1.54) is 24.9 Å². The minimum Gasteiger partial charge on any atom is -0.480 e. The summed E-state index contributed by atoms with van der Waals surface area (Å²) in [5, 5.41) is 13.3. The van der Waals surface area contributed by atoms with Crippen LogP contribution in [0, 0.1) is 0 Å². The molecule has 1 saturated carbocycles. The first-order valence-corrected chi connectivity index (χ1v) is 7.96. The van der Waals surface area contributed by atoms with E-state index in [1.807, 2.05) is 0 Å². The predicted molar refractivity (Wildman–Crippen MR) is 74.2 cm³/mol. The van der Waals surface area contributed by atoms with Crippen LogP contribution in [0.5, 0.6) is 0 Å². The van der Waals surface area contributed by atoms with Crippen LogP contribution < -0.4 is 4.72 Å². The Labute approximate surface area is 123 Å². The zero-order valence-corrected chi connectivity index (χ0v) is 12.8. The van der Waals surface area contributed by atoms with Gasteiger partial charge >= 0.3 is 5.97 Å². The molecule has 1 unspecified atom stereocenters. The third-order valence-corrected chi connectivity index (χ3v) is 6.04. The third-order valence-electron chi connectivity index (χ3n) is 3.65. The number of hydrogen-bond donors (Lipinski definition) is 2. The van der Waals surface area contributed by atoms with Crippen LogP contribution in [0.4, 0.5) is 0 Å². The van der Waals surface area contributed by atoms with Gasteiger partial charge in [-0.1, -0.05) is 0 Å². The Hall–Kier alpha value is -1.45. The van der Waals surface area contributed by atoms with Crippen molar-refractivity contribution < 1.29 is 23.1 Å². The number of aliphatic carboxylic acids is 1. The van der Waals surface area contributed by atoms with Gasteiger partial charge < -0.3 is 9.84 Å². The summed E-state index contributed by atoms with van der Waals surface area (Å²) in [5.41, 5.74) is -1.67. The van der Waals surface area contributed by atoms with E-state index < -0.39 is 26.3 Å². The monoisotopic (exact) mass is 317 g/mol. The van der Waals surface area contributed by atoms with E-state index in [0.717, 1.165) is 0 Å². The highest BCUT2D eigenvalue weighted by atomic mass is 32.2. The summed E-state index contributed by atoms with van der Waals surface area (Å²) in [4.78, 5) is 11.5. The minimum atomic E-state index is -3.81. The van der Waals surface area contributed by atoms with Crippen LogP contribution in [0.2, 0.25) is 0 Å². The van der Waals surface area contributed by atoms with E-state index in [1.54, 1.807) is 12.3 Å². The van der Waals surface area contributed by atoms with Crippen LogP contribution in [0.3, 0.4) is 0 Å². The zero-order chi connectivity index (χ0) is 15.7. The first-order valence-electron chi connectivity index (χ1n) is 6.48. The molecule has 1 aromatic heterocycles. The third kappa shape index (κ3) is 3.09. The summed E-state index contributed by atoms with van der Waals surface area (Å²) in [6, 6.07) is 1.64. The molecular weight excluding hydrogens is 298 g/mol. The normalized spacial score (nSPS) is 19.9. The van der Waals surface area contributed by atoms with Crippen molar-refractivity contribution in [2.45, 2.75) is 36.6 Å². The Bertz CT molecular complexity index is 609. The topological polar surface area (TPSA) is 111 Å². The highest BCUT2D eigenvalue weighted by Crippen LogP contribution is 2.43. The Morgan fingerprint density at radius 3 is 2.67 bits per heavy atom. The van der Waals surface area contributed by atoms with Crippen molar-refractivity contribution in [1.29, 1.82) is 0 Å². The number of carboxylic acids is 1. The van der Waals surface area contributed by atoms with Gasteiger partial charge in [-0.25, -0.2) is 8.42 Å². The minimum absolute atomic E-state index is 0.0554. The predicted octanol–water partition coefficient (Wildman–Crippen LogP) is -0.175. The van der Waals surface area contributed by atoms with Crippen LogP contribution in [-0.2, 0) is 26.1 Å². The number of nitrogens with one attached hydrogen (secondary N) is 1. The molecule has 1 atom stereocenters. The van der Waals surface area contributed by atoms with Gasteiger partial charge in [-0.05, 0) is 25.8 Å². The van der Waals surface area contributed by atoms with E-state index in [4.69, 9.17) is 4.74 Å². The average Bonchev–Trinajstić information content (AvgIpc) is 3.00. The molecule has 1 fully saturated rings. The van der Waals surface area contributed by atoms with Gasteiger partial charge in [-0.2, -0.15) is 9.82 Å². The fourth-order valence-electron chi connectivity index (χ4n) is 2.16. The smallest absolute Gasteiger partial charge is 0.326 e.